The molecule has 0 atom stereocenters. The topological polar surface area (TPSA) is 74.1 Å². The van der Waals surface area contributed by atoms with Crippen LogP contribution in [-0.4, -0.2) is 22.6 Å². The molecular formula is C12H8N4O. The van der Waals surface area contributed by atoms with E-state index in [9.17, 15) is 5.26 Å². The predicted molar refractivity (Wildman–Crippen MR) is 58.0 cm³/mol. The lowest BCUT2D eigenvalue weighted by Gasteiger charge is -2.33. The summed E-state index contributed by atoms with van der Waals surface area (Å²) in [5.41, 5.74) is 0.368. The molecule has 0 amide bonds. The van der Waals surface area contributed by atoms with Crippen molar-refractivity contribution in [3.8, 4) is 12.1 Å². The highest BCUT2D eigenvalue weighted by Crippen LogP contribution is 2.32. The smallest absolute Gasteiger partial charge is 0.166 e. The van der Waals surface area contributed by atoms with Gasteiger partial charge in [-0.15, -0.1) is 0 Å². The van der Waals surface area contributed by atoms with E-state index in [0.717, 1.165) is 5.52 Å². The van der Waals surface area contributed by atoms with E-state index in [1.165, 1.54) is 0 Å². The normalized spacial score (nSPS) is 17.1. The summed E-state index contributed by atoms with van der Waals surface area (Å²) in [4.78, 5) is 4.27. The van der Waals surface area contributed by atoms with Crippen LogP contribution in [0.15, 0.2) is 24.4 Å². The van der Waals surface area contributed by atoms with Crippen LogP contribution in [0.2, 0.25) is 0 Å². The molecule has 0 unspecified atom stereocenters. The zero-order valence-corrected chi connectivity index (χ0v) is 8.92. The summed E-state index contributed by atoms with van der Waals surface area (Å²) in [5, 5.41) is 18.3. The van der Waals surface area contributed by atoms with Crippen molar-refractivity contribution in [3.05, 3.63) is 35.9 Å². The van der Waals surface area contributed by atoms with E-state index in [1.807, 2.05) is 24.4 Å². The predicted octanol–water partition coefficient (Wildman–Crippen LogP) is 0.998. The zero-order valence-electron chi connectivity index (χ0n) is 8.92. The van der Waals surface area contributed by atoms with Gasteiger partial charge in [-0.05, 0) is 12.1 Å². The number of nitrogens with zero attached hydrogens (tertiary/aromatic N) is 4. The minimum Gasteiger partial charge on any atom is -0.377 e. The molecule has 0 aliphatic carbocycles. The van der Waals surface area contributed by atoms with E-state index >= 15 is 0 Å². The van der Waals surface area contributed by atoms with Crippen LogP contribution in [0.4, 0.5) is 0 Å². The minimum absolute atomic E-state index is 0.336. The first-order valence-corrected chi connectivity index (χ1v) is 5.17. The molecule has 0 spiro atoms. The Hall–Kier alpha value is -2.37. The molecule has 0 saturated carbocycles. The maximum absolute atomic E-state index is 9.27. The number of ether oxygens (including phenoxy) is 1. The van der Waals surface area contributed by atoms with Gasteiger partial charge in [0.25, 0.3) is 0 Å². The van der Waals surface area contributed by atoms with Crippen LogP contribution in [0.5, 0.6) is 0 Å². The van der Waals surface area contributed by atoms with Gasteiger partial charge in [0.2, 0.25) is 0 Å². The summed E-state index contributed by atoms with van der Waals surface area (Å²) in [5.74, 6) is 0.596. The average molecular weight is 224 g/mol. The van der Waals surface area contributed by atoms with E-state index in [-0.39, 0.29) is 0 Å². The number of imidazole rings is 1. The number of rotatable bonds is 1. The molecule has 2 aromatic rings. The van der Waals surface area contributed by atoms with E-state index in [4.69, 9.17) is 10.00 Å². The first-order chi connectivity index (χ1) is 8.30. The van der Waals surface area contributed by atoms with E-state index < -0.39 is 5.41 Å². The average Bonchev–Trinajstić information content (AvgIpc) is 2.68. The third-order valence-electron chi connectivity index (χ3n) is 2.99. The second kappa shape index (κ2) is 3.31. The van der Waals surface area contributed by atoms with Crippen molar-refractivity contribution in [2.24, 2.45) is 0 Å². The molecule has 1 aliphatic rings. The Morgan fingerprint density at radius 2 is 2.18 bits per heavy atom. The Morgan fingerprint density at radius 1 is 1.35 bits per heavy atom. The van der Waals surface area contributed by atoms with Crippen molar-refractivity contribution in [3.63, 3.8) is 0 Å². The van der Waals surface area contributed by atoms with Crippen LogP contribution in [0, 0.1) is 22.7 Å². The molecule has 5 nitrogen and oxygen atoms in total. The monoisotopic (exact) mass is 224 g/mol. The van der Waals surface area contributed by atoms with Crippen molar-refractivity contribution in [1.29, 1.82) is 10.5 Å². The van der Waals surface area contributed by atoms with Gasteiger partial charge in [-0.25, -0.2) is 4.98 Å². The summed E-state index contributed by atoms with van der Waals surface area (Å²) >= 11 is 0. The summed E-state index contributed by atoms with van der Waals surface area (Å²) in [6, 6.07) is 9.81. The Balaban J connectivity index is 2.32. The van der Waals surface area contributed by atoms with Gasteiger partial charge in [-0.1, -0.05) is 6.07 Å². The standard InChI is InChI=1S/C12H8N4O/c13-5-9-10-3-1-2-4-16(10)11(15-9)12(6-14)7-17-8-12/h1-4H,7-8H2. The molecule has 0 radical (unpaired) electrons. The summed E-state index contributed by atoms with van der Waals surface area (Å²) in [6.07, 6.45) is 1.82. The van der Waals surface area contributed by atoms with E-state index in [2.05, 4.69) is 17.1 Å². The maximum Gasteiger partial charge on any atom is 0.166 e. The number of hydrogen-bond donors (Lipinski definition) is 0. The summed E-state index contributed by atoms with van der Waals surface area (Å²) in [6.45, 7) is 0.671. The zero-order chi connectivity index (χ0) is 11.9. The first-order valence-electron chi connectivity index (χ1n) is 5.17. The van der Waals surface area contributed by atoms with Gasteiger partial charge in [-0.2, -0.15) is 10.5 Å². The molecule has 3 rings (SSSR count). The third kappa shape index (κ3) is 1.17. The third-order valence-corrected chi connectivity index (χ3v) is 2.99. The second-order valence-corrected chi connectivity index (χ2v) is 4.04. The molecule has 17 heavy (non-hydrogen) atoms. The first kappa shape index (κ1) is 9.83. The Bertz CT molecular complexity index is 670. The molecule has 3 heterocycles. The van der Waals surface area contributed by atoms with Gasteiger partial charge in [-0.3, -0.25) is 0 Å². The quantitative estimate of drug-likeness (QED) is 0.724. The van der Waals surface area contributed by atoms with Crippen molar-refractivity contribution in [1.82, 2.24) is 9.38 Å². The number of aromatic nitrogens is 2. The van der Waals surface area contributed by atoms with Crippen molar-refractivity contribution in [2.45, 2.75) is 5.41 Å². The highest BCUT2D eigenvalue weighted by Gasteiger charge is 2.45. The minimum atomic E-state index is -0.709. The van der Waals surface area contributed by atoms with Gasteiger partial charge in [0.1, 0.15) is 11.9 Å². The summed E-state index contributed by atoms with van der Waals surface area (Å²) < 4.78 is 6.91. The lowest BCUT2D eigenvalue weighted by molar-refractivity contribution is -0.0341. The van der Waals surface area contributed by atoms with Gasteiger partial charge in [0.15, 0.2) is 11.1 Å². The number of nitriles is 2. The van der Waals surface area contributed by atoms with Crippen LogP contribution in [0.1, 0.15) is 11.5 Å². The molecule has 1 fully saturated rings. The molecule has 2 aromatic heterocycles. The van der Waals surface area contributed by atoms with Crippen molar-refractivity contribution < 1.29 is 4.74 Å². The van der Waals surface area contributed by atoms with Gasteiger partial charge < -0.3 is 9.14 Å². The maximum atomic E-state index is 9.27. The van der Waals surface area contributed by atoms with Crippen molar-refractivity contribution in [2.75, 3.05) is 13.2 Å². The lowest BCUT2D eigenvalue weighted by atomic mass is 9.87. The lowest BCUT2D eigenvalue weighted by Crippen LogP contribution is -2.46. The fraction of sp³-hybridized carbons (Fsp3) is 0.250. The van der Waals surface area contributed by atoms with Gasteiger partial charge in [0.05, 0.1) is 24.8 Å². The molecule has 82 valence electrons. The molecule has 1 saturated heterocycles. The number of fused-ring (bicyclic) bond motifs is 1. The highest BCUT2D eigenvalue weighted by molar-refractivity contribution is 5.59. The Kier molecular flexibility index (Phi) is 1.91. The van der Waals surface area contributed by atoms with E-state index in [0.29, 0.717) is 24.7 Å². The fourth-order valence-electron chi connectivity index (χ4n) is 2.01. The number of hydrogen-bond acceptors (Lipinski definition) is 4. The van der Waals surface area contributed by atoms with Crippen LogP contribution in [0.3, 0.4) is 0 Å². The largest absolute Gasteiger partial charge is 0.377 e. The van der Waals surface area contributed by atoms with E-state index in [1.54, 1.807) is 4.40 Å². The van der Waals surface area contributed by atoms with Gasteiger partial charge in [0, 0.05) is 6.20 Å². The second-order valence-electron chi connectivity index (χ2n) is 4.04. The fourth-order valence-corrected chi connectivity index (χ4v) is 2.01. The van der Waals surface area contributed by atoms with Gasteiger partial charge >= 0.3 is 0 Å². The molecule has 5 heteroatoms. The number of pyridine rings is 1. The van der Waals surface area contributed by atoms with Crippen LogP contribution >= 0.6 is 0 Å². The Morgan fingerprint density at radius 3 is 2.76 bits per heavy atom. The van der Waals surface area contributed by atoms with Crippen molar-refractivity contribution >= 4 is 5.52 Å². The summed E-state index contributed by atoms with van der Waals surface area (Å²) in [7, 11) is 0. The van der Waals surface area contributed by atoms with Crippen LogP contribution < -0.4 is 0 Å². The molecule has 0 aromatic carbocycles. The SMILES string of the molecule is N#Cc1nc(C2(C#N)COC2)n2ccccc12. The van der Waals surface area contributed by atoms with Crippen LogP contribution in [-0.2, 0) is 10.2 Å². The van der Waals surface area contributed by atoms with Crippen LogP contribution in [0.25, 0.3) is 5.52 Å². The molecule has 1 aliphatic heterocycles. The highest BCUT2D eigenvalue weighted by atomic mass is 16.5. The Labute approximate surface area is 97.5 Å². The molecular weight excluding hydrogens is 216 g/mol. The molecule has 0 N–H and O–H groups in total. The molecule has 0 bridgehead atoms.